The van der Waals surface area contributed by atoms with E-state index in [1.165, 1.54) is 11.6 Å². The number of benzene rings is 2. The Balaban J connectivity index is 2.20. The molecule has 0 aliphatic heterocycles. The SMILES string of the molecule is CCO[C@@H](CC/C=C/C(=O)NO)[C@@H](OC(=O)Nc1ccc(Br)cc1)c1ccc(OCCO)cc1. The zero-order chi connectivity index (χ0) is 24.8. The Morgan fingerprint density at radius 3 is 2.44 bits per heavy atom. The zero-order valence-corrected chi connectivity index (χ0v) is 20.4. The number of allylic oxidation sites excluding steroid dienone is 1. The molecule has 10 heteroatoms. The van der Waals surface area contributed by atoms with Crippen LogP contribution in [0.1, 0.15) is 31.4 Å². The molecule has 0 aromatic heterocycles. The van der Waals surface area contributed by atoms with Crippen LogP contribution in [0.5, 0.6) is 5.75 Å². The number of amides is 2. The number of carbonyl (C=O) groups excluding carboxylic acids is 2. The van der Waals surface area contributed by atoms with Crippen molar-refractivity contribution in [1.29, 1.82) is 0 Å². The fourth-order valence-corrected chi connectivity index (χ4v) is 3.36. The van der Waals surface area contributed by atoms with Gasteiger partial charge in [-0.15, -0.1) is 0 Å². The molecule has 0 fully saturated rings. The lowest BCUT2D eigenvalue weighted by Gasteiger charge is -2.27. The molecule has 0 aliphatic rings. The van der Waals surface area contributed by atoms with Crippen molar-refractivity contribution in [2.24, 2.45) is 0 Å². The van der Waals surface area contributed by atoms with E-state index >= 15 is 0 Å². The maximum absolute atomic E-state index is 12.7. The molecule has 0 aliphatic carbocycles. The Hall–Kier alpha value is -2.92. The summed E-state index contributed by atoms with van der Waals surface area (Å²) in [5, 5.41) is 20.3. The highest BCUT2D eigenvalue weighted by Gasteiger charge is 2.27. The van der Waals surface area contributed by atoms with Crippen molar-refractivity contribution in [2.45, 2.75) is 32.0 Å². The molecule has 0 saturated heterocycles. The highest BCUT2D eigenvalue weighted by molar-refractivity contribution is 9.10. The van der Waals surface area contributed by atoms with Crippen LogP contribution in [-0.2, 0) is 14.3 Å². The zero-order valence-electron chi connectivity index (χ0n) is 18.8. The lowest BCUT2D eigenvalue weighted by molar-refractivity contribution is -0.124. The number of nitrogens with one attached hydrogen (secondary N) is 2. The molecule has 2 aromatic carbocycles. The monoisotopic (exact) mass is 536 g/mol. The average Bonchev–Trinajstić information content (AvgIpc) is 2.85. The van der Waals surface area contributed by atoms with Crippen molar-refractivity contribution in [3.63, 3.8) is 0 Å². The molecule has 0 bridgehead atoms. The van der Waals surface area contributed by atoms with Crippen LogP contribution in [0.2, 0.25) is 0 Å². The first-order valence-corrected chi connectivity index (χ1v) is 11.5. The first kappa shape index (κ1) is 27.3. The topological polar surface area (TPSA) is 126 Å². The van der Waals surface area contributed by atoms with Gasteiger partial charge in [-0.05, 0) is 61.7 Å². The Kier molecular flexibility index (Phi) is 12.1. The molecular weight excluding hydrogens is 508 g/mol. The van der Waals surface area contributed by atoms with E-state index in [1.54, 1.807) is 54.6 Å². The minimum Gasteiger partial charge on any atom is -0.491 e. The molecular formula is C24H29BrN2O7. The van der Waals surface area contributed by atoms with E-state index in [1.807, 2.05) is 6.92 Å². The van der Waals surface area contributed by atoms with Gasteiger partial charge in [0.1, 0.15) is 12.4 Å². The average molecular weight is 537 g/mol. The lowest BCUT2D eigenvalue weighted by Crippen LogP contribution is -2.29. The first-order chi connectivity index (χ1) is 16.5. The van der Waals surface area contributed by atoms with Gasteiger partial charge in [0.05, 0.1) is 12.7 Å². The van der Waals surface area contributed by atoms with Gasteiger partial charge in [0.15, 0.2) is 6.10 Å². The summed E-state index contributed by atoms with van der Waals surface area (Å²) < 4.78 is 18.0. The Bertz CT molecular complexity index is 920. The summed E-state index contributed by atoms with van der Waals surface area (Å²) in [5.74, 6) is -0.0603. The van der Waals surface area contributed by atoms with Gasteiger partial charge >= 0.3 is 6.09 Å². The van der Waals surface area contributed by atoms with Gasteiger partial charge in [-0.2, -0.15) is 0 Å². The second-order valence-corrected chi connectivity index (χ2v) is 7.96. The third-order valence-electron chi connectivity index (χ3n) is 4.61. The molecule has 0 radical (unpaired) electrons. The summed E-state index contributed by atoms with van der Waals surface area (Å²) in [6.45, 7) is 2.30. The van der Waals surface area contributed by atoms with Crippen molar-refractivity contribution in [3.8, 4) is 5.75 Å². The van der Waals surface area contributed by atoms with E-state index in [9.17, 15) is 9.59 Å². The molecule has 0 saturated carbocycles. The van der Waals surface area contributed by atoms with Gasteiger partial charge in [-0.1, -0.05) is 34.1 Å². The minimum absolute atomic E-state index is 0.0993. The van der Waals surface area contributed by atoms with E-state index < -0.39 is 24.2 Å². The van der Waals surface area contributed by atoms with Crippen LogP contribution in [0.4, 0.5) is 10.5 Å². The van der Waals surface area contributed by atoms with E-state index in [0.717, 1.165) is 4.47 Å². The highest BCUT2D eigenvalue weighted by atomic mass is 79.9. The third kappa shape index (κ3) is 9.52. The van der Waals surface area contributed by atoms with Crippen LogP contribution in [0.15, 0.2) is 65.2 Å². The molecule has 0 heterocycles. The quantitative estimate of drug-likeness (QED) is 0.170. The molecule has 9 nitrogen and oxygen atoms in total. The summed E-state index contributed by atoms with van der Waals surface area (Å²) in [7, 11) is 0. The number of hydrogen-bond donors (Lipinski definition) is 4. The van der Waals surface area contributed by atoms with Crippen LogP contribution in [0.3, 0.4) is 0 Å². The number of anilines is 1. The van der Waals surface area contributed by atoms with Gasteiger partial charge in [0.2, 0.25) is 0 Å². The largest absolute Gasteiger partial charge is 0.491 e. The summed E-state index contributed by atoms with van der Waals surface area (Å²) in [4.78, 5) is 23.9. The maximum atomic E-state index is 12.7. The molecule has 2 atom stereocenters. The number of carbonyl (C=O) groups is 2. The molecule has 0 spiro atoms. The fourth-order valence-electron chi connectivity index (χ4n) is 3.10. The van der Waals surface area contributed by atoms with E-state index in [0.29, 0.717) is 36.4 Å². The Morgan fingerprint density at radius 2 is 1.82 bits per heavy atom. The smallest absolute Gasteiger partial charge is 0.412 e. The predicted octanol–water partition coefficient (Wildman–Crippen LogP) is 4.36. The maximum Gasteiger partial charge on any atom is 0.412 e. The van der Waals surface area contributed by atoms with Gasteiger partial charge in [-0.25, -0.2) is 10.3 Å². The van der Waals surface area contributed by atoms with Crippen LogP contribution in [0, 0.1) is 0 Å². The highest BCUT2D eigenvalue weighted by Crippen LogP contribution is 2.29. The van der Waals surface area contributed by atoms with Crippen molar-refractivity contribution in [3.05, 3.63) is 70.7 Å². The molecule has 34 heavy (non-hydrogen) atoms. The number of aliphatic hydroxyl groups is 1. The van der Waals surface area contributed by atoms with Gasteiger partial charge in [-0.3, -0.25) is 15.3 Å². The van der Waals surface area contributed by atoms with Crippen LogP contribution >= 0.6 is 15.9 Å². The van der Waals surface area contributed by atoms with E-state index in [-0.39, 0.29) is 13.2 Å². The molecule has 0 unspecified atom stereocenters. The Labute approximate surface area is 206 Å². The van der Waals surface area contributed by atoms with Crippen LogP contribution < -0.4 is 15.5 Å². The summed E-state index contributed by atoms with van der Waals surface area (Å²) in [6.07, 6.45) is 1.81. The summed E-state index contributed by atoms with van der Waals surface area (Å²) >= 11 is 3.35. The number of halogens is 1. The number of hydrogen-bond acceptors (Lipinski definition) is 7. The fraction of sp³-hybridized carbons (Fsp3) is 0.333. The second kappa shape index (κ2) is 15.1. The first-order valence-electron chi connectivity index (χ1n) is 10.8. The number of rotatable bonds is 13. The molecule has 2 amide bonds. The van der Waals surface area contributed by atoms with E-state index in [4.69, 9.17) is 24.5 Å². The number of ether oxygens (including phenoxy) is 3. The van der Waals surface area contributed by atoms with Gasteiger partial charge < -0.3 is 19.3 Å². The number of aliphatic hydroxyl groups excluding tert-OH is 1. The van der Waals surface area contributed by atoms with E-state index in [2.05, 4.69) is 21.2 Å². The number of hydroxylamine groups is 1. The van der Waals surface area contributed by atoms with Crippen molar-refractivity contribution < 1.29 is 34.1 Å². The summed E-state index contributed by atoms with van der Waals surface area (Å²) in [5.41, 5.74) is 2.80. The Morgan fingerprint density at radius 1 is 1.12 bits per heavy atom. The molecule has 4 N–H and O–H groups in total. The van der Waals surface area contributed by atoms with Crippen LogP contribution in [-0.4, -0.2) is 48.2 Å². The molecule has 2 aromatic rings. The third-order valence-corrected chi connectivity index (χ3v) is 5.14. The molecule has 184 valence electrons. The van der Waals surface area contributed by atoms with Crippen LogP contribution in [0.25, 0.3) is 0 Å². The van der Waals surface area contributed by atoms with Crippen molar-refractivity contribution in [1.82, 2.24) is 5.48 Å². The molecule has 2 rings (SSSR count). The normalized spacial score (nSPS) is 12.7. The van der Waals surface area contributed by atoms with Gasteiger partial charge in [0, 0.05) is 22.8 Å². The van der Waals surface area contributed by atoms with Crippen molar-refractivity contribution >= 4 is 33.6 Å². The summed E-state index contributed by atoms with van der Waals surface area (Å²) in [6, 6.07) is 14.1. The minimum atomic E-state index is -0.748. The van der Waals surface area contributed by atoms with Crippen molar-refractivity contribution in [2.75, 3.05) is 25.1 Å². The standard InChI is InChI=1S/C24H29BrN2O7/c1-2-32-21(5-3-4-6-22(29)27-31)23(17-7-13-20(14-8-17)33-16-15-28)34-24(30)26-19-11-9-18(25)10-12-19/h4,6-14,21,23,28,31H,2-3,5,15-16H2,1H3,(H,26,30)(H,27,29)/b6-4+/t21-,23-/m0/s1. The van der Waals surface area contributed by atoms with Gasteiger partial charge in [0.25, 0.3) is 5.91 Å². The second-order valence-electron chi connectivity index (χ2n) is 7.05. The predicted molar refractivity (Wildman–Crippen MR) is 130 cm³/mol. The lowest BCUT2D eigenvalue weighted by atomic mass is 10.00.